The molecule has 1 amide bonds. The molecule has 1 heterocycles. The number of nitrogens with zero attached hydrogens (tertiary/aromatic N) is 1. The Morgan fingerprint density at radius 3 is 2.31 bits per heavy atom. The van der Waals surface area contributed by atoms with Crippen LogP contribution in [0.1, 0.15) is 79.6 Å². The molecular formula is C30H34N2O6S. The number of hydrogen-bond acceptors (Lipinski definition) is 5. The van der Waals surface area contributed by atoms with Crippen molar-refractivity contribution >= 4 is 32.8 Å². The van der Waals surface area contributed by atoms with Gasteiger partial charge < -0.3 is 14.4 Å². The zero-order chi connectivity index (χ0) is 27.4. The van der Waals surface area contributed by atoms with Gasteiger partial charge in [0.1, 0.15) is 5.75 Å². The van der Waals surface area contributed by atoms with Gasteiger partial charge in [-0.3, -0.25) is 9.59 Å². The number of rotatable bonds is 9. The van der Waals surface area contributed by atoms with E-state index >= 15 is 0 Å². The SMILES string of the molecule is COc1ccc(-c2c(C3CCCCC3)c3ccc(C(=O)NS(=O)(=O)C4CC4)cc3n2CC2(C(=O)O)CC2)cc1. The van der Waals surface area contributed by atoms with Crippen molar-refractivity contribution < 1.29 is 27.9 Å². The minimum atomic E-state index is -3.69. The van der Waals surface area contributed by atoms with E-state index in [9.17, 15) is 23.1 Å². The molecule has 0 radical (unpaired) electrons. The molecule has 0 spiro atoms. The van der Waals surface area contributed by atoms with Crippen molar-refractivity contribution in [2.75, 3.05) is 7.11 Å². The summed E-state index contributed by atoms with van der Waals surface area (Å²) in [4.78, 5) is 25.4. The molecule has 3 aliphatic rings. The topological polar surface area (TPSA) is 115 Å². The minimum Gasteiger partial charge on any atom is -0.497 e. The molecule has 1 aromatic heterocycles. The van der Waals surface area contributed by atoms with Crippen molar-refractivity contribution in [3.63, 3.8) is 0 Å². The van der Waals surface area contributed by atoms with Crippen LogP contribution < -0.4 is 9.46 Å². The van der Waals surface area contributed by atoms with Crippen LogP contribution in [-0.4, -0.2) is 42.3 Å². The van der Waals surface area contributed by atoms with Gasteiger partial charge in [0, 0.05) is 23.0 Å². The average molecular weight is 551 g/mol. The molecule has 9 heteroatoms. The number of nitrogens with one attached hydrogen (secondary N) is 1. The number of ether oxygens (including phenoxy) is 1. The monoisotopic (exact) mass is 550 g/mol. The molecular weight excluding hydrogens is 516 g/mol. The highest BCUT2D eigenvalue weighted by Crippen LogP contribution is 2.51. The number of carboxylic acids is 1. The van der Waals surface area contributed by atoms with E-state index < -0.39 is 32.6 Å². The zero-order valence-corrected chi connectivity index (χ0v) is 22.9. The average Bonchev–Trinajstić information content (AvgIpc) is 3.86. The molecule has 2 aromatic carbocycles. The fourth-order valence-electron chi connectivity index (χ4n) is 6.09. The third kappa shape index (κ3) is 4.81. The van der Waals surface area contributed by atoms with Gasteiger partial charge in [-0.05, 0) is 92.0 Å². The summed E-state index contributed by atoms with van der Waals surface area (Å²) in [5.41, 5.74) is 3.32. The Balaban J connectivity index is 1.54. The van der Waals surface area contributed by atoms with E-state index in [0.717, 1.165) is 53.6 Å². The highest BCUT2D eigenvalue weighted by Gasteiger charge is 2.51. The molecule has 0 saturated heterocycles. The van der Waals surface area contributed by atoms with Crippen LogP contribution in [0.25, 0.3) is 22.2 Å². The fraction of sp³-hybridized carbons (Fsp3) is 0.467. The predicted octanol–water partition coefficient (Wildman–Crippen LogP) is 5.45. The minimum absolute atomic E-state index is 0.252. The van der Waals surface area contributed by atoms with Crippen LogP contribution in [0.4, 0.5) is 0 Å². The lowest BCUT2D eigenvalue weighted by atomic mass is 9.81. The van der Waals surface area contributed by atoms with Crippen molar-refractivity contribution in [3.05, 3.63) is 53.6 Å². The van der Waals surface area contributed by atoms with Crippen LogP contribution in [0.5, 0.6) is 5.75 Å². The summed E-state index contributed by atoms with van der Waals surface area (Å²) in [5, 5.41) is 10.6. The Hall–Kier alpha value is -3.33. The summed E-state index contributed by atoms with van der Waals surface area (Å²) < 4.78 is 34.6. The molecule has 3 saturated carbocycles. The van der Waals surface area contributed by atoms with Crippen LogP contribution in [0.15, 0.2) is 42.5 Å². The Bertz CT molecular complexity index is 1540. The fourth-order valence-corrected chi connectivity index (χ4v) is 7.39. The van der Waals surface area contributed by atoms with Crippen LogP contribution in [0.2, 0.25) is 0 Å². The normalized spacial score (nSPS) is 19.1. The standard InChI is InChI=1S/C30H34N2O6S/c1-38-22-10-7-20(8-11-22)27-26(19-5-3-2-4-6-19)24-14-9-21(28(33)31-39(36,37)23-12-13-23)17-25(24)32(27)18-30(15-16-30)29(34)35/h7-11,14,17,19,23H,2-6,12-13,15-16,18H2,1H3,(H,31,33)(H,34,35). The summed E-state index contributed by atoms with van der Waals surface area (Å²) in [6, 6.07) is 13.2. The van der Waals surface area contributed by atoms with Gasteiger partial charge in [0.05, 0.1) is 23.5 Å². The molecule has 8 nitrogen and oxygen atoms in total. The molecule has 0 atom stereocenters. The Kier molecular flexibility index (Phi) is 6.44. The van der Waals surface area contributed by atoms with Crippen molar-refractivity contribution in [2.45, 2.75) is 75.5 Å². The second-order valence-corrected chi connectivity index (χ2v) is 13.4. The van der Waals surface area contributed by atoms with Crippen LogP contribution >= 0.6 is 0 Å². The maximum absolute atomic E-state index is 13.1. The van der Waals surface area contributed by atoms with Crippen molar-refractivity contribution in [1.82, 2.24) is 9.29 Å². The van der Waals surface area contributed by atoms with Crippen LogP contribution in [-0.2, 0) is 21.4 Å². The van der Waals surface area contributed by atoms with Crippen molar-refractivity contribution in [1.29, 1.82) is 0 Å². The van der Waals surface area contributed by atoms with Gasteiger partial charge in [-0.25, -0.2) is 13.1 Å². The Morgan fingerprint density at radius 1 is 1.03 bits per heavy atom. The molecule has 39 heavy (non-hydrogen) atoms. The number of aliphatic carboxylic acids is 1. The molecule has 206 valence electrons. The van der Waals surface area contributed by atoms with Crippen LogP contribution in [0.3, 0.4) is 0 Å². The van der Waals surface area contributed by atoms with Gasteiger partial charge in [-0.2, -0.15) is 0 Å². The second-order valence-electron chi connectivity index (χ2n) is 11.4. The van der Waals surface area contributed by atoms with E-state index in [-0.39, 0.29) is 5.56 Å². The lowest BCUT2D eigenvalue weighted by Gasteiger charge is -2.24. The summed E-state index contributed by atoms with van der Waals surface area (Å²) in [6.07, 6.45) is 7.91. The lowest BCUT2D eigenvalue weighted by molar-refractivity contribution is -0.143. The molecule has 6 rings (SSSR count). The van der Waals surface area contributed by atoms with Gasteiger partial charge in [-0.1, -0.05) is 25.3 Å². The number of benzene rings is 2. The number of hydrogen-bond donors (Lipinski definition) is 2. The maximum Gasteiger partial charge on any atom is 0.311 e. The molecule has 3 aliphatic carbocycles. The van der Waals surface area contributed by atoms with E-state index in [1.165, 1.54) is 12.0 Å². The lowest BCUT2D eigenvalue weighted by Crippen LogP contribution is -2.33. The number of fused-ring (bicyclic) bond motifs is 1. The van der Waals surface area contributed by atoms with E-state index in [1.807, 2.05) is 30.3 Å². The summed E-state index contributed by atoms with van der Waals surface area (Å²) >= 11 is 0. The van der Waals surface area contributed by atoms with Gasteiger partial charge in [0.25, 0.3) is 5.91 Å². The van der Waals surface area contributed by atoms with Crippen molar-refractivity contribution in [3.8, 4) is 17.0 Å². The zero-order valence-electron chi connectivity index (χ0n) is 22.1. The first kappa shape index (κ1) is 25.9. The summed E-state index contributed by atoms with van der Waals surface area (Å²) in [5.74, 6) is -0.412. The largest absolute Gasteiger partial charge is 0.497 e. The molecule has 3 fully saturated rings. The molecule has 0 unspecified atom stereocenters. The van der Waals surface area contributed by atoms with Crippen molar-refractivity contribution in [2.24, 2.45) is 5.41 Å². The molecule has 2 N–H and O–H groups in total. The highest BCUT2D eigenvalue weighted by atomic mass is 32.2. The first-order chi connectivity index (χ1) is 18.7. The Morgan fingerprint density at radius 2 is 1.72 bits per heavy atom. The van der Waals surface area contributed by atoms with E-state index in [0.29, 0.717) is 38.1 Å². The second kappa shape index (κ2) is 9.70. The first-order valence-corrected chi connectivity index (χ1v) is 15.4. The predicted molar refractivity (Wildman–Crippen MR) is 148 cm³/mol. The number of carbonyl (C=O) groups is 2. The van der Waals surface area contributed by atoms with E-state index in [2.05, 4.69) is 9.29 Å². The van der Waals surface area contributed by atoms with E-state index in [1.54, 1.807) is 19.2 Å². The van der Waals surface area contributed by atoms with Gasteiger partial charge in [-0.15, -0.1) is 0 Å². The maximum atomic E-state index is 13.1. The number of methoxy groups -OCH3 is 1. The number of carboxylic acid groups (broad SMARTS) is 1. The van der Waals surface area contributed by atoms with Gasteiger partial charge in [0.2, 0.25) is 10.0 Å². The molecule has 3 aromatic rings. The third-order valence-electron chi connectivity index (χ3n) is 8.71. The third-order valence-corrected chi connectivity index (χ3v) is 10.5. The summed E-state index contributed by atoms with van der Waals surface area (Å²) in [6.45, 7) is 0.290. The molecule has 0 bridgehead atoms. The Labute approximate surface area is 228 Å². The number of sulfonamides is 1. The van der Waals surface area contributed by atoms with Gasteiger partial charge in [0.15, 0.2) is 0 Å². The quantitative estimate of drug-likeness (QED) is 0.366. The van der Waals surface area contributed by atoms with E-state index in [4.69, 9.17) is 4.74 Å². The highest BCUT2D eigenvalue weighted by molar-refractivity contribution is 7.91. The van der Waals surface area contributed by atoms with Gasteiger partial charge >= 0.3 is 5.97 Å². The summed E-state index contributed by atoms with van der Waals surface area (Å²) in [7, 11) is -2.07. The smallest absolute Gasteiger partial charge is 0.311 e. The molecule has 0 aliphatic heterocycles. The van der Waals surface area contributed by atoms with Crippen LogP contribution in [0, 0.1) is 5.41 Å². The number of carbonyl (C=O) groups excluding carboxylic acids is 1. The number of amides is 1. The first-order valence-electron chi connectivity index (χ1n) is 13.8. The number of aromatic nitrogens is 1.